The topological polar surface area (TPSA) is 58.0 Å². The van der Waals surface area contributed by atoms with E-state index in [1.807, 2.05) is 36.1 Å². The fourth-order valence-electron chi connectivity index (χ4n) is 4.01. The minimum absolute atomic E-state index is 0.0348. The second kappa shape index (κ2) is 9.64. The Bertz CT molecular complexity index is 1330. The zero-order valence-electron chi connectivity index (χ0n) is 19.6. The highest BCUT2D eigenvalue weighted by molar-refractivity contribution is 8.19. The van der Waals surface area contributed by atoms with E-state index >= 15 is 0 Å². The number of nitrogens with zero attached hydrogens (tertiary/aromatic N) is 4. The molecule has 34 heavy (non-hydrogen) atoms. The molecule has 2 aromatic carbocycles. The lowest BCUT2D eigenvalue weighted by atomic mass is 10.2. The molecule has 1 aromatic heterocycles. The molecule has 9 heteroatoms. The maximum Gasteiger partial charge on any atom is 0.269 e. The number of amides is 1. The molecular weight excluding hydrogens is 485 g/mol. The third-order valence-electron chi connectivity index (χ3n) is 5.72. The Labute approximate surface area is 212 Å². The van der Waals surface area contributed by atoms with Gasteiger partial charge in [0, 0.05) is 24.1 Å². The van der Waals surface area contributed by atoms with Crippen LogP contribution in [-0.4, -0.2) is 41.2 Å². The van der Waals surface area contributed by atoms with Gasteiger partial charge in [-0.05, 0) is 62.4 Å². The number of aryl methyl sites for hydroxylation is 1. The van der Waals surface area contributed by atoms with E-state index in [0.717, 1.165) is 71.7 Å². The lowest BCUT2D eigenvalue weighted by Gasteiger charge is -2.19. The van der Waals surface area contributed by atoms with E-state index in [1.165, 1.54) is 11.8 Å². The van der Waals surface area contributed by atoms with Gasteiger partial charge in [-0.25, -0.2) is 9.98 Å². The van der Waals surface area contributed by atoms with Crippen molar-refractivity contribution in [3.05, 3.63) is 51.3 Å². The molecule has 0 saturated carbocycles. The van der Waals surface area contributed by atoms with Crippen molar-refractivity contribution >= 4 is 67.5 Å². The monoisotopic (exact) mass is 510 g/mol. The summed E-state index contributed by atoms with van der Waals surface area (Å²) >= 11 is 4.79. The van der Waals surface area contributed by atoms with Gasteiger partial charge in [-0.15, -0.1) is 11.3 Å². The van der Waals surface area contributed by atoms with Crippen LogP contribution >= 0.6 is 34.9 Å². The summed E-state index contributed by atoms with van der Waals surface area (Å²) in [5, 5.41) is 2.75. The molecule has 0 N–H and O–H groups in total. The normalized spacial score (nSPS) is 19.1. The van der Waals surface area contributed by atoms with Crippen LogP contribution in [0, 0.1) is 6.92 Å². The maximum absolute atomic E-state index is 13.6. The van der Waals surface area contributed by atoms with Gasteiger partial charge in [0.25, 0.3) is 5.91 Å². The van der Waals surface area contributed by atoms with Gasteiger partial charge in [-0.3, -0.25) is 9.69 Å². The molecule has 2 aliphatic rings. The van der Waals surface area contributed by atoms with Crippen LogP contribution in [0.1, 0.15) is 31.7 Å². The van der Waals surface area contributed by atoms with Gasteiger partial charge in [-0.1, -0.05) is 25.1 Å². The van der Waals surface area contributed by atoms with Crippen molar-refractivity contribution in [2.45, 2.75) is 38.5 Å². The molecule has 1 amide bonds. The maximum atomic E-state index is 13.6. The number of aliphatic imine (C=N–C) groups is 1. The highest BCUT2D eigenvalue weighted by atomic mass is 32.2. The molecule has 0 radical (unpaired) electrons. The molecule has 2 aliphatic heterocycles. The number of thiazole rings is 1. The van der Waals surface area contributed by atoms with E-state index < -0.39 is 0 Å². The average molecular weight is 511 g/mol. The number of amidine groups is 1. The summed E-state index contributed by atoms with van der Waals surface area (Å²) in [6.45, 7) is 7.69. The zero-order chi connectivity index (χ0) is 23.8. The van der Waals surface area contributed by atoms with Crippen LogP contribution in [0.3, 0.4) is 0 Å². The summed E-state index contributed by atoms with van der Waals surface area (Å²) in [5.74, 6) is 0.850. The third kappa shape index (κ3) is 4.21. The Morgan fingerprint density at radius 3 is 2.71 bits per heavy atom. The molecule has 1 fully saturated rings. The molecule has 0 unspecified atom stereocenters. The van der Waals surface area contributed by atoms with Gasteiger partial charge >= 0.3 is 0 Å². The van der Waals surface area contributed by atoms with Crippen molar-refractivity contribution < 1.29 is 9.53 Å². The Morgan fingerprint density at radius 1 is 1.09 bits per heavy atom. The molecule has 0 bridgehead atoms. The van der Waals surface area contributed by atoms with Crippen molar-refractivity contribution in [1.29, 1.82) is 0 Å². The highest BCUT2D eigenvalue weighted by Crippen LogP contribution is 2.51. The number of thioether (sulfide) groups is 2. The number of anilines is 1. The van der Waals surface area contributed by atoms with Crippen molar-refractivity contribution in [2.75, 3.05) is 25.1 Å². The van der Waals surface area contributed by atoms with Crippen molar-refractivity contribution in [3.63, 3.8) is 0 Å². The number of ether oxygens (including phenoxy) is 1. The summed E-state index contributed by atoms with van der Waals surface area (Å²) in [7, 11) is 1.68. The number of fused-ring (bicyclic) bond motifs is 2. The molecule has 1 saturated heterocycles. The molecule has 0 aliphatic carbocycles. The predicted molar refractivity (Wildman–Crippen MR) is 145 cm³/mol. The van der Waals surface area contributed by atoms with Crippen molar-refractivity contribution in [1.82, 2.24) is 9.88 Å². The first kappa shape index (κ1) is 23.3. The number of benzene rings is 2. The van der Waals surface area contributed by atoms with Crippen LogP contribution in [0.4, 0.5) is 11.4 Å². The van der Waals surface area contributed by atoms with Gasteiger partial charge in [0.15, 0.2) is 5.17 Å². The van der Waals surface area contributed by atoms with Gasteiger partial charge in [0.05, 0.1) is 33.7 Å². The van der Waals surface area contributed by atoms with Crippen molar-refractivity contribution in [2.24, 2.45) is 4.99 Å². The molecule has 0 atom stereocenters. The summed E-state index contributed by atoms with van der Waals surface area (Å²) in [6.07, 6.45) is 1.95. The molecular formula is C25H26N4O2S3. The number of hydrogen-bond donors (Lipinski definition) is 0. The van der Waals surface area contributed by atoms with Crippen molar-refractivity contribution in [3.8, 4) is 5.75 Å². The summed E-state index contributed by atoms with van der Waals surface area (Å²) < 4.78 is 6.55. The van der Waals surface area contributed by atoms with Crippen LogP contribution in [-0.2, 0) is 4.79 Å². The van der Waals surface area contributed by atoms with E-state index in [1.54, 1.807) is 30.2 Å². The lowest BCUT2D eigenvalue weighted by molar-refractivity contribution is -0.122. The Balaban J connectivity index is 1.54. The Kier molecular flexibility index (Phi) is 6.59. The molecule has 5 rings (SSSR count). The number of rotatable bonds is 6. The van der Waals surface area contributed by atoms with E-state index in [9.17, 15) is 4.79 Å². The Morgan fingerprint density at radius 2 is 1.94 bits per heavy atom. The average Bonchev–Trinajstić information content (AvgIpc) is 3.48. The fraction of sp³-hybridized carbons (Fsp3) is 0.320. The molecule has 3 heterocycles. The van der Waals surface area contributed by atoms with E-state index in [-0.39, 0.29) is 5.91 Å². The second-order valence-electron chi connectivity index (χ2n) is 8.01. The minimum atomic E-state index is 0.0348. The van der Waals surface area contributed by atoms with Gasteiger partial charge in [0.2, 0.25) is 0 Å². The molecule has 3 aromatic rings. The number of unbranched alkanes of at least 4 members (excludes halogenated alkanes) is 1. The standard InChI is InChI=1S/C25H26N4O2S3/c1-5-7-12-29-23(30)22(24-28(6-2)19-14-17(31-4)9-11-20(19)33-24)34-25(29)27-16-8-10-18-21(13-16)32-15(3)26-18/h8-11,13-14H,5-7,12H2,1-4H3/b24-22-,27-25?. The molecule has 0 spiro atoms. The molecule has 6 nitrogen and oxygen atoms in total. The van der Waals surface area contributed by atoms with Crippen LogP contribution < -0.4 is 9.64 Å². The van der Waals surface area contributed by atoms with Gasteiger partial charge in [-0.2, -0.15) is 0 Å². The van der Waals surface area contributed by atoms with Crippen LogP contribution in [0.15, 0.2) is 56.2 Å². The van der Waals surface area contributed by atoms with Crippen LogP contribution in [0.5, 0.6) is 5.75 Å². The zero-order valence-corrected chi connectivity index (χ0v) is 22.1. The summed E-state index contributed by atoms with van der Waals surface area (Å²) in [6, 6.07) is 12.1. The summed E-state index contributed by atoms with van der Waals surface area (Å²) in [4.78, 5) is 29.0. The van der Waals surface area contributed by atoms with E-state index in [4.69, 9.17) is 9.73 Å². The highest BCUT2D eigenvalue weighted by Gasteiger charge is 2.39. The first-order chi connectivity index (χ1) is 16.5. The summed E-state index contributed by atoms with van der Waals surface area (Å²) in [5.41, 5.74) is 2.92. The van der Waals surface area contributed by atoms with Crippen LogP contribution in [0.25, 0.3) is 10.2 Å². The van der Waals surface area contributed by atoms with E-state index in [0.29, 0.717) is 6.54 Å². The minimum Gasteiger partial charge on any atom is -0.497 e. The third-order valence-corrected chi connectivity index (χ3v) is 9.03. The first-order valence-corrected chi connectivity index (χ1v) is 13.8. The number of carbonyl (C=O) groups excluding carboxylic acids is 1. The first-order valence-electron chi connectivity index (χ1n) is 11.4. The largest absolute Gasteiger partial charge is 0.497 e. The quantitative estimate of drug-likeness (QED) is 0.341. The number of aromatic nitrogens is 1. The number of carbonyl (C=O) groups is 1. The lowest BCUT2D eigenvalue weighted by Crippen LogP contribution is -2.30. The SMILES string of the molecule is CCCCN1C(=O)/C(=C2/Sc3ccc(OC)cc3N2CC)SC1=Nc1ccc2nc(C)sc2c1. The second-order valence-corrected chi connectivity index (χ2v) is 11.2. The van der Waals surface area contributed by atoms with Gasteiger partial charge in [0.1, 0.15) is 15.7 Å². The number of hydrogen-bond acceptors (Lipinski definition) is 8. The van der Waals surface area contributed by atoms with E-state index in [2.05, 4.69) is 35.9 Å². The predicted octanol–water partition coefficient (Wildman–Crippen LogP) is 6.78. The smallest absolute Gasteiger partial charge is 0.269 e. The Hall–Kier alpha value is -2.49. The van der Waals surface area contributed by atoms with Crippen LogP contribution in [0.2, 0.25) is 0 Å². The fourth-order valence-corrected chi connectivity index (χ4v) is 7.27. The molecule has 176 valence electrons. The number of methoxy groups -OCH3 is 1. The van der Waals surface area contributed by atoms with Gasteiger partial charge < -0.3 is 9.64 Å².